The van der Waals surface area contributed by atoms with Crippen LogP contribution in [0.4, 0.5) is 0 Å². The molecule has 108 valence electrons. The molecule has 1 aliphatic carbocycles. The lowest BCUT2D eigenvalue weighted by molar-refractivity contribution is -0.142. The first-order valence-electron chi connectivity index (χ1n) is 7.24. The predicted molar refractivity (Wildman–Crippen MR) is 75.9 cm³/mol. The van der Waals surface area contributed by atoms with Gasteiger partial charge in [-0.25, -0.2) is 0 Å². The molecule has 2 aliphatic rings. The summed E-state index contributed by atoms with van der Waals surface area (Å²) in [6.07, 6.45) is 2.16. The predicted octanol–water partition coefficient (Wildman–Crippen LogP) is 2.33. The average Bonchev–Trinajstić information content (AvgIpc) is 3.01. The smallest absolute Gasteiger partial charge is 0.308 e. The van der Waals surface area contributed by atoms with Crippen molar-refractivity contribution in [1.82, 2.24) is 4.90 Å². The van der Waals surface area contributed by atoms with Crippen LogP contribution >= 0.6 is 0 Å². The number of benzene rings is 1. The summed E-state index contributed by atoms with van der Waals surface area (Å²) < 4.78 is 5.32. The van der Waals surface area contributed by atoms with Gasteiger partial charge < -0.3 is 9.84 Å². The lowest BCUT2D eigenvalue weighted by atomic mass is 9.99. The fraction of sp³-hybridized carbons (Fsp3) is 0.562. The van der Waals surface area contributed by atoms with Crippen molar-refractivity contribution in [3.63, 3.8) is 0 Å². The van der Waals surface area contributed by atoms with Crippen LogP contribution in [0.5, 0.6) is 5.75 Å². The number of rotatable bonds is 3. The lowest BCUT2D eigenvalue weighted by Crippen LogP contribution is -2.26. The van der Waals surface area contributed by atoms with E-state index in [1.54, 1.807) is 7.11 Å². The highest BCUT2D eigenvalue weighted by molar-refractivity contribution is 5.71. The van der Waals surface area contributed by atoms with Gasteiger partial charge in [0.2, 0.25) is 0 Å². The van der Waals surface area contributed by atoms with Crippen molar-refractivity contribution in [1.29, 1.82) is 0 Å². The Balaban J connectivity index is 1.83. The lowest BCUT2D eigenvalue weighted by Gasteiger charge is -2.25. The average molecular weight is 275 g/mol. The number of hydrogen-bond donors (Lipinski definition) is 1. The Morgan fingerprint density at radius 3 is 2.85 bits per heavy atom. The third-order valence-electron chi connectivity index (χ3n) is 4.80. The first-order valence-corrected chi connectivity index (χ1v) is 7.24. The molecule has 0 amide bonds. The number of carbonyl (C=O) groups is 1. The third kappa shape index (κ3) is 2.18. The molecular formula is C16H21NO3. The zero-order valence-corrected chi connectivity index (χ0v) is 12.0. The van der Waals surface area contributed by atoms with Gasteiger partial charge in [-0.3, -0.25) is 9.69 Å². The molecule has 1 aromatic carbocycles. The topological polar surface area (TPSA) is 49.8 Å². The van der Waals surface area contributed by atoms with Gasteiger partial charge in [-0.15, -0.1) is 0 Å². The molecule has 3 atom stereocenters. The van der Waals surface area contributed by atoms with E-state index < -0.39 is 5.97 Å². The Hall–Kier alpha value is -1.55. The van der Waals surface area contributed by atoms with Crippen LogP contribution in [0.25, 0.3) is 0 Å². The second-order valence-electron chi connectivity index (χ2n) is 6.00. The number of carboxylic acid groups (broad SMARTS) is 1. The van der Waals surface area contributed by atoms with Crippen molar-refractivity contribution < 1.29 is 14.6 Å². The van der Waals surface area contributed by atoms with E-state index in [1.807, 2.05) is 13.0 Å². The van der Waals surface area contributed by atoms with Gasteiger partial charge >= 0.3 is 5.97 Å². The molecule has 0 spiro atoms. The summed E-state index contributed by atoms with van der Waals surface area (Å²) in [5.74, 6) is 0.216. The zero-order chi connectivity index (χ0) is 14.3. The Bertz CT molecular complexity index is 528. The maximum atomic E-state index is 11.3. The van der Waals surface area contributed by atoms with Crippen LogP contribution in [0.1, 0.15) is 30.5 Å². The van der Waals surface area contributed by atoms with Crippen molar-refractivity contribution in [3.8, 4) is 5.75 Å². The van der Waals surface area contributed by atoms with E-state index in [9.17, 15) is 9.90 Å². The van der Waals surface area contributed by atoms with Gasteiger partial charge in [0.25, 0.3) is 0 Å². The summed E-state index contributed by atoms with van der Waals surface area (Å²) in [6, 6.07) is 6.62. The number of nitrogens with zero attached hydrogens (tertiary/aromatic N) is 1. The maximum absolute atomic E-state index is 11.3. The van der Waals surface area contributed by atoms with Gasteiger partial charge in [-0.2, -0.15) is 0 Å². The molecule has 0 bridgehead atoms. The number of carboxylic acids is 1. The number of ether oxygens (including phenoxy) is 1. The van der Waals surface area contributed by atoms with Crippen LogP contribution in [0.15, 0.2) is 18.2 Å². The van der Waals surface area contributed by atoms with E-state index >= 15 is 0 Å². The van der Waals surface area contributed by atoms with E-state index in [-0.39, 0.29) is 11.8 Å². The molecule has 0 aromatic heterocycles. The summed E-state index contributed by atoms with van der Waals surface area (Å²) in [6.45, 7) is 3.58. The molecule has 0 radical (unpaired) electrons. The Morgan fingerprint density at radius 1 is 1.40 bits per heavy atom. The van der Waals surface area contributed by atoms with Crippen molar-refractivity contribution >= 4 is 5.97 Å². The van der Waals surface area contributed by atoms with Gasteiger partial charge in [0, 0.05) is 19.1 Å². The first-order chi connectivity index (χ1) is 9.60. The zero-order valence-electron chi connectivity index (χ0n) is 12.0. The standard InChI is InChI=1S/C16H21NO3/c1-10-8-17(9-14(10)16(18)19)15-6-4-11-3-5-12(20-2)7-13(11)15/h3,5,7,10,14-15H,4,6,8-9H2,1-2H3,(H,18,19). The van der Waals surface area contributed by atoms with Gasteiger partial charge in [0.15, 0.2) is 0 Å². The summed E-state index contributed by atoms with van der Waals surface area (Å²) in [5.41, 5.74) is 2.70. The van der Waals surface area contributed by atoms with E-state index in [0.29, 0.717) is 12.6 Å². The fourth-order valence-electron chi connectivity index (χ4n) is 3.65. The largest absolute Gasteiger partial charge is 0.497 e. The molecule has 1 N–H and O–H groups in total. The minimum absolute atomic E-state index is 0.224. The second-order valence-corrected chi connectivity index (χ2v) is 6.00. The molecule has 1 aliphatic heterocycles. The number of methoxy groups -OCH3 is 1. The van der Waals surface area contributed by atoms with Gasteiger partial charge in [0.1, 0.15) is 5.75 Å². The van der Waals surface area contributed by atoms with Crippen molar-refractivity contribution in [2.24, 2.45) is 11.8 Å². The van der Waals surface area contributed by atoms with E-state index in [0.717, 1.165) is 25.1 Å². The molecule has 3 unspecified atom stereocenters. The van der Waals surface area contributed by atoms with Crippen LogP contribution in [0.3, 0.4) is 0 Å². The van der Waals surface area contributed by atoms with Gasteiger partial charge in [0.05, 0.1) is 13.0 Å². The summed E-state index contributed by atoms with van der Waals surface area (Å²) in [5, 5.41) is 9.28. The van der Waals surface area contributed by atoms with Gasteiger partial charge in [-0.1, -0.05) is 13.0 Å². The van der Waals surface area contributed by atoms with Crippen molar-refractivity contribution in [3.05, 3.63) is 29.3 Å². The highest BCUT2D eigenvalue weighted by Crippen LogP contribution is 2.41. The van der Waals surface area contributed by atoms with Crippen LogP contribution < -0.4 is 4.74 Å². The molecule has 0 saturated carbocycles. The van der Waals surface area contributed by atoms with Crippen LogP contribution in [-0.2, 0) is 11.2 Å². The van der Waals surface area contributed by atoms with Gasteiger partial charge in [-0.05, 0) is 42.0 Å². The molecule has 1 saturated heterocycles. The quantitative estimate of drug-likeness (QED) is 0.920. The molecule has 20 heavy (non-hydrogen) atoms. The van der Waals surface area contributed by atoms with E-state index in [1.165, 1.54) is 11.1 Å². The number of hydrogen-bond acceptors (Lipinski definition) is 3. The van der Waals surface area contributed by atoms with Crippen molar-refractivity contribution in [2.45, 2.75) is 25.8 Å². The van der Waals surface area contributed by atoms with Crippen LogP contribution in [0, 0.1) is 11.8 Å². The molecule has 1 heterocycles. The van der Waals surface area contributed by atoms with E-state index in [4.69, 9.17) is 4.74 Å². The molecule has 3 rings (SSSR count). The molecule has 4 heteroatoms. The summed E-state index contributed by atoms with van der Waals surface area (Å²) >= 11 is 0. The normalized spacial score (nSPS) is 29.4. The van der Waals surface area contributed by atoms with Crippen LogP contribution in [-0.4, -0.2) is 36.2 Å². The molecule has 4 nitrogen and oxygen atoms in total. The SMILES string of the molecule is COc1ccc2c(c1)C(N1CC(C)C(C(=O)O)C1)CC2. The summed E-state index contributed by atoms with van der Waals surface area (Å²) in [4.78, 5) is 13.6. The fourth-order valence-corrected chi connectivity index (χ4v) is 3.65. The summed E-state index contributed by atoms with van der Waals surface area (Å²) in [7, 11) is 1.68. The third-order valence-corrected chi connectivity index (χ3v) is 4.80. The number of fused-ring (bicyclic) bond motifs is 1. The number of likely N-dealkylation sites (tertiary alicyclic amines) is 1. The molecule has 1 fully saturated rings. The van der Waals surface area contributed by atoms with Crippen molar-refractivity contribution in [2.75, 3.05) is 20.2 Å². The Kier molecular flexibility index (Phi) is 3.42. The number of aryl methyl sites for hydroxylation is 1. The number of aliphatic carboxylic acids is 1. The molecular weight excluding hydrogens is 254 g/mol. The minimum atomic E-state index is -0.663. The monoisotopic (exact) mass is 275 g/mol. The molecule has 1 aromatic rings. The first kappa shape index (κ1) is 13.4. The van der Waals surface area contributed by atoms with E-state index in [2.05, 4.69) is 17.0 Å². The Morgan fingerprint density at radius 2 is 2.20 bits per heavy atom. The highest BCUT2D eigenvalue weighted by atomic mass is 16.5. The Labute approximate surface area is 119 Å². The maximum Gasteiger partial charge on any atom is 0.308 e. The van der Waals surface area contributed by atoms with Crippen LogP contribution in [0.2, 0.25) is 0 Å². The highest BCUT2D eigenvalue weighted by Gasteiger charge is 2.39. The minimum Gasteiger partial charge on any atom is -0.497 e. The second kappa shape index (κ2) is 5.09.